The van der Waals surface area contributed by atoms with Crippen molar-refractivity contribution in [3.05, 3.63) is 113 Å². The standard InChI is InChI=1S/C29H25F6N3O2/c1-29(2,20-5-6-22(30)23(31)15-20)38-26-8-4-19(16-37-26)21(13-17-9-11-36-12-10-17)18-3-7-24(39-27(32)33)25(14-18)40-28(34)35/h3-12,14-16,21,27-28H,13H2,1-2H3,(H,37,38). The van der Waals surface area contributed by atoms with Crippen LogP contribution in [0.2, 0.25) is 0 Å². The minimum Gasteiger partial charge on any atom is -0.431 e. The molecule has 0 spiro atoms. The molecular formula is C29H25F6N3O2. The predicted octanol–water partition coefficient (Wildman–Crippen LogP) is 7.68. The van der Waals surface area contributed by atoms with Crippen LogP contribution in [0.3, 0.4) is 0 Å². The Labute approximate surface area is 226 Å². The van der Waals surface area contributed by atoms with E-state index in [1.54, 1.807) is 56.7 Å². The van der Waals surface area contributed by atoms with E-state index in [2.05, 4.69) is 24.8 Å². The van der Waals surface area contributed by atoms with Crippen molar-refractivity contribution >= 4 is 5.82 Å². The van der Waals surface area contributed by atoms with Crippen molar-refractivity contribution in [2.45, 2.75) is 44.9 Å². The van der Waals surface area contributed by atoms with Crippen LogP contribution in [0.25, 0.3) is 0 Å². The highest BCUT2D eigenvalue weighted by molar-refractivity contribution is 5.48. The fourth-order valence-corrected chi connectivity index (χ4v) is 4.27. The molecule has 0 aliphatic carbocycles. The molecule has 0 bridgehead atoms. The maximum atomic E-state index is 13.8. The summed E-state index contributed by atoms with van der Waals surface area (Å²) in [5.41, 5.74) is 1.77. The normalized spacial score (nSPS) is 12.4. The third-order valence-electron chi connectivity index (χ3n) is 6.26. The molecule has 5 nitrogen and oxygen atoms in total. The molecule has 0 saturated heterocycles. The summed E-state index contributed by atoms with van der Waals surface area (Å²) in [6.45, 7) is -2.90. The zero-order valence-corrected chi connectivity index (χ0v) is 21.4. The number of pyridine rings is 2. The summed E-state index contributed by atoms with van der Waals surface area (Å²) < 4.78 is 87.8. The van der Waals surface area contributed by atoms with Crippen molar-refractivity contribution in [2.75, 3.05) is 5.32 Å². The average Bonchev–Trinajstić information content (AvgIpc) is 2.90. The zero-order valence-electron chi connectivity index (χ0n) is 21.4. The molecule has 4 rings (SSSR count). The molecule has 40 heavy (non-hydrogen) atoms. The van der Waals surface area contributed by atoms with E-state index in [9.17, 15) is 26.3 Å². The van der Waals surface area contributed by atoms with Crippen LogP contribution < -0.4 is 14.8 Å². The van der Waals surface area contributed by atoms with Crippen molar-refractivity contribution in [3.63, 3.8) is 0 Å². The first-order valence-electron chi connectivity index (χ1n) is 12.1. The van der Waals surface area contributed by atoms with Crippen molar-refractivity contribution in [2.24, 2.45) is 0 Å². The van der Waals surface area contributed by atoms with E-state index < -0.39 is 47.8 Å². The van der Waals surface area contributed by atoms with Crippen LogP contribution >= 0.6 is 0 Å². The number of hydrogen-bond acceptors (Lipinski definition) is 5. The first-order chi connectivity index (χ1) is 19.0. The summed E-state index contributed by atoms with van der Waals surface area (Å²) in [5, 5.41) is 3.19. The first kappa shape index (κ1) is 28.7. The Bertz CT molecular complexity index is 1420. The summed E-state index contributed by atoms with van der Waals surface area (Å²) in [6.07, 6.45) is 5.22. The molecule has 4 aromatic rings. The second-order valence-electron chi connectivity index (χ2n) is 9.43. The molecule has 1 unspecified atom stereocenters. The fraction of sp³-hybridized carbons (Fsp3) is 0.241. The van der Waals surface area contributed by atoms with E-state index in [-0.39, 0.29) is 0 Å². The number of halogens is 6. The van der Waals surface area contributed by atoms with Crippen molar-refractivity contribution in [3.8, 4) is 11.5 Å². The fourth-order valence-electron chi connectivity index (χ4n) is 4.27. The molecule has 2 aromatic heterocycles. The Morgan fingerprint density at radius 2 is 1.45 bits per heavy atom. The van der Waals surface area contributed by atoms with Gasteiger partial charge in [0.25, 0.3) is 0 Å². The van der Waals surface area contributed by atoms with Crippen molar-refractivity contribution < 1.29 is 35.8 Å². The molecule has 0 aliphatic rings. The van der Waals surface area contributed by atoms with E-state index in [1.165, 1.54) is 18.2 Å². The molecule has 1 N–H and O–H groups in total. The largest absolute Gasteiger partial charge is 0.431 e. The molecule has 2 heterocycles. The molecule has 0 aliphatic heterocycles. The Kier molecular flexibility index (Phi) is 8.81. The van der Waals surface area contributed by atoms with E-state index in [1.807, 2.05) is 0 Å². The smallest absolute Gasteiger partial charge is 0.387 e. The van der Waals surface area contributed by atoms with Gasteiger partial charge in [-0.1, -0.05) is 18.2 Å². The lowest BCUT2D eigenvalue weighted by Crippen LogP contribution is -2.28. The van der Waals surface area contributed by atoms with Crippen LogP contribution in [-0.2, 0) is 12.0 Å². The number of rotatable bonds is 11. The second-order valence-corrected chi connectivity index (χ2v) is 9.43. The third kappa shape index (κ3) is 7.22. The minimum atomic E-state index is -3.25. The van der Waals surface area contributed by atoms with E-state index in [0.717, 1.165) is 23.8 Å². The molecule has 11 heteroatoms. The molecule has 0 fully saturated rings. The highest BCUT2D eigenvalue weighted by Gasteiger charge is 2.24. The SMILES string of the molecule is CC(C)(Nc1ccc(C(Cc2ccncc2)c2ccc(OC(F)F)c(OC(F)F)c2)cn1)c1ccc(F)c(F)c1. The number of ether oxygens (including phenoxy) is 2. The number of aromatic nitrogens is 2. The number of hydrogen-bond donors (Lipinski definition) is 1. The summed E-state index contributed by atoms with van der Waals surface area (Å²) >= 11 is 0. The predicted molar refractivity (Wildman–Crippen MR) is 137 cm³/mol. The van der Waals surface area contributed by atoms with Gasteiger partial charge in [-0.15, -0.1) is 0 Å². The zero-order chi connectivity index (χ0) is 28.9. The highest BCUT2D eigenvalue weighted by atomic mass is 19.3. The number of benzene rings is 2. The second kappa shape index (κ2) is 12.3. The van der Waals surface area contributed by atoms with Gasteiger partial charge in [-0.05, 0) is 85.0 Å². The maximum Gasteiger partial charge on any atom is 0.387 e. The number of anilines is 1. The summed E-state index contributed by atoms with van der Waals surface area (Å²) in [6, 6.07) is 14.6. The third-order valence-corrected chi connectivity index (χ3v) is 6.26. The van der Waals surface area contributed by atoms with Gasteiger partial charge in [0.2, 0.25) is 0 Å². The van der Waals surface area contributed by atoms with Crippen LogP contribution in [0, 0.1) is 11.6 Å². The van der Waals surface area contributed by atoms with Gasteiger partial charge in [0.05, 0.1) is 5.54 Å². The number of nitrogens with one attached hydrogen (secondary N) is 1. The number of alkyl halides is 4. The first-order valence-corrected chi connectivity index (χ1v) is 12.1. The topological polar surface area (TPSA) is 56.3 Å². The van der Waals surface area contributed by atoms with E-state index in [4.69, 9.17) is 0 Å². The molecule has 0 amide bonds. The molecule has 0 saturated carbocycles. The van der Waals surface area contributed by atoms with Crippen molar-refractivity contribution in [1.82, 2.24) is 9.97 Å². The Morgan fingerprint density at radius 3 is 2.08 bits per heavy atom. The van der Waals surface area contributed by atoms with Gasteiger partial charge in [0.1, 0.15) is 5.82 Å². The summed E-state index contributed by atoms with van der Waals surface area (Å²) in [7, 11) is 0. The van der Waals surface area contributed by atoms with Gasteiger partial charge in [-0.25, -0.2) is 13.8 Å². The molecule has 2 aromatic carbocycles. The van der Waals surface area contributed by atoms with Gasteiger partial charge in [0, 0.05) is 24.5 Å². The monoisotopic (exact) mass is 561 g/mol. The van der Waals surface area contributed by atoms with E-state index in [0.29, 0.717) is 28.9 Å². The van der Waals surface area contributed by atoms with Crippen molar-refractivity contribution in [1.29, 1.82) is 0 Å². The average molecular weight is 562 g/mol. The van der Waals surface area contributed by atoms with Gasteiger partial charge < -0.3 is 14.8 Å². The molecular weight excluding hydrogens is 536 g/mol. The van der Waals surface area contributed by atoms with Gasteiger partial charge in [-0.2, -0.15) is 17.6 Å². The van der Waals surface area contributed by atoms with E-state index >= 15 is 0 Å². The lowest BCUT2D eigenvalue weighted by Gasteiger charge is -2.28. The van der Waals surface area contributed by atoms with Gasteiger partial charge >= 0.3 is 13.2 Å². The van der Waals surface area contributed by atoms with Crippen LogP contribution in [-0.4, -0.2) is 23.2 Å². The lowest BCUT2D eigenvalue weighted by atomic mass is 9.86. The minimum absolute atomic E-state index is 0.403. The van der Waals surface area contributed by atoms with Crippen LogP contribution in [0.5, 0.6) is 11.5 Å². The molecule has 210 valence electrons. The Hall–Kier alpha value is -4.28. The molecule has 1 atom stereocenters. The highest BCUT2D eigenvalue weighted by Crippen LogP contribution is 2.37. The van der Waals surface area contributed by atoms with Crippen LogP contribution in [0.1, 0.15) is 42.0 Å². The Balaban J connectivity index is 1.66. The van der Waals surface area contributed by atoms with Crippen LogP contribution in [0.15, 0.2) is 79.3 Å². The maximum absolute atomic E-state index is 13.8. The molecule has 0 radical (unpaired) electrons. The number of nitrogens with zero attached hydrogens (tertiary/aromatic N) is 2. The van der Waals surface area contributed by atoms with Gasteiger partial charge in [0.15, 0.2) is 23.1 Å². The quantitative estimate of drug-likeness (QED) is 0.190. The van der Waals surface area contributed by atoms with Crippen LogP contribution in [0.4, 0.5) is 32.2 Å². The summed E-state index contributed by atoms with van der Waals surface area (Å²) in [4.78, 5) is 8.49. The Morgan fingerprint density at radius 1 is 0.775 bits per heavy atom. The lowest BCUT2D eigenvalue weighted by molar-refractivity contribution is -0.0692. The van der Waals surface area contributed by atoms with Gasteiger partial charge in [-0.3, -0.25) is 4.98 Å². The summed E-state index contributed by atoms with van der Waals surface area (Å²) in [5.74, 6) is -2.94.